The number of hydrogen-bond donors (Lipinski definition) is 1. The van der Waals surface area contributed by atoms with Crippen molar-refractivity contribution < 1.29 is 5.02 Å². The maximum Gasteiger partial charge on any atom is 0.290 e. The van der Waals surface area contributed by atoms with Gasteiger partial charge in [0.1, 0.15) is 0 Å². The fourth-order valence-electron chi connectivity index (χ4n) is 5.05. The molecule has 0 heterocycles. The predicted molar refractivity (Wildman–Crippen MR) is 147 cm³/mol. The van der Waals surface area contributed by atoms with E-state index in [0.717, 1.165) is 18.4 Å². The molecule has 4 aromatic carbocycles. The van der Waals surface area contributed by atoms with Gasteiger partial charge < -0.3 is 5.02 Å². The van der Waals surface area contributed by atoms with Gasteiger partial charge in [0.15, 0.2) is 0 Å². The monoisotopic (exact) mass is 440 g/mol. The van der Waals surface area contributed by atoms with Crippen LogP contribution in [0.25, 0.3) is 27.5 Å². The van der Waals surface area contributed by atoms with E-state index >= 15 is 0 Å². The van der Waals surface area contributed by atoms with Crippen LogP contribution < -0.4 is 0 Å². The summed E-state index contributed by atoms with van der Waals surface area (Å²) in [7, 11) is 0. The second-order valence-corrected chi connectivity index (χ2v) is 9.13. The van der Waals surface area contributed by atoms with Crippen molar-refractivity contribution in [2.45, 2.75) is 26.0 Å². The Morgan fingerprint density at radius 2 is 1.62 bits per heavy atom. The van der Waals surface area contributed by atoms with Gasteiger partial charge in [-0.3, -0.25) is 0 Å². The highest BCUT2D eigenvalue weighted by atomic mass is 16.2. The van der Waals surface area contributed by atoms with E-state index in [9.17, 15) is 5.02 Å². The molecule has 0 saturated carbocycles. The summed E-state index contributed by atoms with van der Waals surface area (Å²) >= 11 is 0. The molecule has 0 unspecified atom stereocenters. The lowest BCUT2D eigenvalue weighted by Gasteiger charge is -2.22. The Bertz CT molecular complexity index is 1400. The molecule has 5 rings (SSSR count). The molecule has 0 bridgehead atoms. The minimum Gasteiger partial charge on any atom is -0.450 e. The standard InChI is InChI=1S/C32H29BO/c1-23-10-3-6-14-28(23)32(31-16-8-5-12-27(31)22-33(2)34)26-20-18-25(19-21-26)30-17-9-13-24-11-4-7-15-29(24)30/h3-5,7-13,15-21,34H,1,6,14,22H2,2H3/b32-28-. The van der Waals surface area contributed by atoms with Gasteiger partial charge in [0.05, 0.1) is 0 Å². The van der Waals surface area contributed by atoms with Gasteiger partial charge in [-0.15, -0.1) is 0 Å². The quantitative estimate of drug-likeness (QED) is 0.313. The van der Waals surface area contributed by atoms with Gasteiger partial charge in [0, 0.05) is 0 Å². The van der Waals surface area contributed by atoms with Crippen molar-refractivity contribution in [1.29, 1.82) is 0 Å². The molecule has 0 aromatic heterocycles. The fraction of sp³-hybridized carbons (Fsp3) is 0.125. The van der Waals surface area contributed by atoms with Crippen LogP contribution in [-0.4, -0.2) is 11.9 Å². The van der Waals surface area contributed by atoms with Gasteiger partial charge in [0.25, 0.3) is 6.92 Å². The molecule has 1 N–H and O–H groups in total. The number of benzene rings is 4. The summed E-state index contributed by atoms with van der Waals surface area (Å²) in [5.74, 6) is 0. The molecule has 0 saturated heterocycles. The van der Waals surface area contributed by atoms with Crippen LogP contribution in [0.2, 0.25) is 6.82 Å². The smallest absolute Gasteiger partial charge is 0.290 e. The molecule has 1 aliphatic rings. The fourth-order valence-corrected chi connectivity index (χ4v) is 5.05. The topological polar surface area (TPSA) is 20.2 Å². The minimum atomic E-state index is -0.393. The summed E-state index contributed by atoms with van der Waals surface area (Å²) in [4.78, 5) is 0. The first-order valence-electron chi connectivity index (χ1n) is 12.1. The SMILES string of the molecule is C=C1C=CCC/C1=C(\c1ccc(-c2cccc3ccccc23)cc1)c1ccccc1CB(C)O. The van der Waals surface area contributed by atoms with E-state index in [1.54, 1.807) is 0 Å². The van der Waals surface area contributed by atoms with Crippen molar-refractivity contribution in [2.75, 3.05) is 0 Å². The average molecular weight is 440 g/mol. The highest BCUT2D eigenvalue weighted by Crippen LogP contribution is 2.38. The van der Waals surface area contributed by atoms with Crippen LogP contribution in [0.1, 0.15) is 29.5 Å². The molecule has 0 aliphatic heterocycles. The molecule has 0 spiro atoms. The second-order valence-electron chi connectivity index (χ2n) is 9.13. The normalized spacial score (nSPS) is 14.9. The van der Waals surface area contributed by atoms with E-state index in [4.69, 9.17) is 0 Å². The molecule has 166 valence electrons. The molecule has 1 nitrogen and oxygen atoms in total. The van der Waals surface area contributed by atoms with Gasteiger partial charge in [-0.25, -0.2) is 0 Å². The van der Waals surface area contributed by atoms with Gasteiger partial charge in [-0.05, 0) is 74.5 Å². The van der Waals surface area contributed by atoms with Crippen LogP contribution in [0.5, 0.6) is 0 Å². The zero-order valence-corrected chi connectivity index (χ0v) is 19.7. The lowest BCUT2D eigenvalue weighted by Crippen LogP contribution is -2.12. The van der Waals surface area contributed by atoms with Gasteiger partial charge >= 0.3 is 0 Å². The number of allylic oxidation sites excluding steroid dienone is 4. The third-order valence-corrected chi connectivity index (χ3v) is 6.65. The number of rotatable bonds is 5. The average Bonchev–Trinajstić information content (AvgIpc) is 2.86. The van der Waals surface area contributed by atoms with Crippen molar-refractivity contribution in [3.63, 3.8) is 0 Å². The molecule has 1 aliphatic carbocycles. The van der Waals surface area contributed by atoms with Crippen LogP contribution in [-0.2, 0) is 6.32 Å². The van der Waals surface area contributed by atoms with Gasteiger partial charge in [0.2, 0.25) is 0 Å². The highest BCUT2D eigenvalue weighted by Gasteiger charge is 2.19. The Hall–Kier alpha value is -3.62. The first-order chi connectivity index (χ1) is 16.6. The van der Waals surface area contributed by atoms with E-state index in [1.807, 2.05) is 6.82 Å². The van der Waals surface area contributed by atoms with E-state index in [1.165, 1.54) is 49.7 Å². The molecule has 0 fully saturated rings. The van der Waals surface area contributed by atoms with Gasteiger partial charge in [-0.2, -0.15) is 0 Å². The van der Waals surface area contributed by atoms with Crippen LogP contribution in [0.15, 0.2) is 121 Å². The van der Waals surface area contributed by atoms with Gasteiger partial charge in [-0.1, -0.05) is 117 Å². The highest BCUT2D eigenvalue weighted by molar-refractivity contribution is 6.48. The zero-order chi connectivity index (χ0) is 23.5. The molecule has 2 heteroatoms. The third kappa shape index (κ3) is 4.42. The first kappa shape index (κ1) is 22.2. The lowest BCUT2D eigenvalue weighted by molar-refractivity contribution is 0.576. The zero-order valence-electron chi connectivity index (χ0n) is 19.7. The maximum atomic E-state index is 10.1. The molecular weight excluding hydrogens is 411 g/mol. The maximum absolute atomic E-state index is 10.1. The predicted octanol–water partition coefficient (Wildman–Crippen LogP) is 7.91. The Balaban J connectivity index is 1.65. The van der Waals surface area contributed by atoms with Crippen LogP contribution >= 0.6 is 0 Å². The van der Waals surface area contributed by atoms with Crippen molar-refractivity contribution in [3.8, 4) is 11.1 Å². The Kier molecular flexibility index (Phi) is 6.34. The molecule has 34 heavy (non-hydrogen) atoms. The summed E-state index contributed by atoms with van der Waals surface area (Å²) in [6.07, 6.45) is 6.96. The van der Waals surface area contributed by atoms with Crippen molar-refractivity contribution in [1.82, 2.24) is 0 Å². The summed E-state index contributed by atoms with van der Waals surface area (Å²) < 4.78 is 0. The third-order valence-electron chi connectivity index (χ3n) is 6.65. The van der Waals surface area contributed by atoms with Crippen LogP contribution in [0.4, 0.5) is 0 Å². The van der Waals surface area contributed by atoms with Crippen LogP contribution in [0.3, 0.4) is 0 Å². The molecule has 0 radical (unpaired) electrons. The van der Waals surface area contributed by atoms with Crippen molar-refractivity contribution >= 4 is 23.3 Å². The Morgan fingerprint density at radius 1 is 0.882 bits per heavy atom. The number of fused-ring (bicyclic) bond motifs is 1. The van der Waals surface area contributed by atoms with E-state index in [2.05, 4.69) is 110 Å². The van der Waals surface area contributed by atoms with Crippen molar-refractivity contribution in [2.24, 2.45) is 0 Å². The molecule has 0 atom stereocenters. The van der Waals surface area contributed by atoms with E-state index in [0.29, 0.717) is 6.32 Å². The summed E-state index contributed by atoms with van der Waals surface area (Å²) in [6, 6.07) is 32.4. The van der Waals surface area contributed by atoms with E-state index in [-0.39, 0.29) is 0 Å². The summed E-state index contributed by atoms with van der Waals surface area (Å²) in [6.45, 7) is 5.82. The second kappa shape index (κ2) is 9.71. The Morgan fingerprint density at radius 3 is 2.41 bits per heavy atom. The van der Waals surface area contributed by atoms with E-state index < -0.39 is 6.92 Å². The molecular formula is C32H29BO. The first-order valence-corrected chi connectivity index (χ1v) is 12.1. The van der Waals surface area contributed by atoms with Crippen molar-refractivity contribution in [3.05, 3.63) is 138 Å². The van der Waals surface area contributed by atoms with Crippen LogP contribution in [0, 0.1) is 0 Å². The minimum absolute atomic E-state index is 0.393. The Labute approximate surface area is 202 Å². The summed E-state index contributed by atoms with van der Waals surface area (Å²) in [5.41, 5.74) is 9.60. The largest absolute Gasteiger partial charge is 0.450 e. The number of hydrogen-bond acceptors (Lipinski definition) is 1. The lowest BCUT2D eigenvalue weighted by atomic mass is 9.65. The summed E-state index contributed by atoms with van der Waals surface area (Å²) in [5, 5.41) is 12.7. The molecule has 4 aromatic rings. The molecule has 0 amide bonds.